The first-order chi connectivity index (χ1) is 15.4. The maximum absolute atomic E-state index is 13.2. The molecule has 1 unspecified atom stereocenters. The first-order valence-corrected chi connectivity index (χ1v) is 12.3. The van der Waals surface area contributed by atoms with E-state index in [1.54, 1.807) is 6.26 Å². The molecule has 0 aliphatic carbocycles. The van der Waals surface area contributed by atoms with Gasteiger partial charge in [0.2, 0.25) is 0 Å². The molecular formula is C27H36O5S. The van der Waals surface area contributed by atoms with Crippen LogP contribution in [0, 0.1) is 19.8 Å². The Morgan fingerprint density at radius 2 is 1.88 bits per heavy atom. The summed E-state index contributed by atoms with van der Waals surface area (Å²) in [5, 5.41) is 20.8. The van der Waals surface area contributed by atoms with E-state index in [0.29, 0.717) is 12.8 Å². The molecule has 0 saturated carbocycles. The fourth-order valence-electron chi connectivity index (χ4n) is 4.29. The maximum Gasteiger partial charge on any atom is 0.349 e. The van der Waals surface area contributed by atoms with Gasteiger partial charge in [0, 0.05) is 11.3 Å². The molecule has 0 radical (unpaired) electrons. The number of aryl methyl sites for hydroxylation is 3. The summed E-state index contributed by atoms with van der Waals surface area (Å²) in [6.07, 6.45) is 3.27. The van der Waals surface area contributed by atoms with Crippen molar-refractivity contribution in [2.45, 2.75) is 90.2 Å². The molecule has 2 N–H and O–H groups in total. The van der Waals surface area contributed by atoms with E-state index in [0.717, 1.165) is 32.9 Å². The third-order valence-corrected chi connectivity index (χ3v) is 7.84. The van der Waals surface area contributed by atoms with E-state index in [-0.39, 0.29) is 35.0 Å². The van der Waals surface area contributed by atoms with Gasteiger partial charge in [-0.05, 0) is 72.4 Å². The highest BCUT2D eigenvalue weighted by Crippen LogP contribution is 2.45. The van der Waals surface area contributed by atoms with Crippen LogP contribution in [0.5, 0.6) is 0 Å². The van der Waals surface area contributed by atoms with Crippen molar-refractivity contribution in [1.82, 2.24) is 0 Å². The molecule has 2 aromatic rings. The van der Waals surface area contributed by atoms with Crippen LogP contribution in [0.25, 0.3) is 0 Å². The van der Waals surface area contributed by atoms with Crippen LogP contribution in [0.3, 0.4) is 0 Å². The molecule has 6 heteroatoms. The van der Waals surface area contributed by atoms with Crippen LogP contribution in [0.4, 0.5) is 0 Å². The Balaban J connectivity index is 1.93. The number of rotatable bonds is 7. The summed E-state index contributed by atoms with van der Waals surface area (Å²) in [5.74, 6) is 0.504. The monoisotopic (exact) mass is 472 g/mol. The molecule has 3 rings (SSSR count). The summed E-state index contributed by atoms with van der Waals surface area (Å²) >= 11 is 1.26. The van der Waals surface area contributed by atoms with E-state index in [1.807, 2.05) is 45.9 Å². The number of cyclic esters (lactones) is 1. The number of ether oxygens (including phenoxy) is 1. The van der Waals surface area contributed by atoms with Gasteiger partial charge in [-0.15, -0.1) is 0 Å². The van der Waals surface area contributed by atoms with Crippen LogP contribution in [0.1, 0.15) is 75.5 Å². The van der Waals surface area contributed by atoms with Crippen molar-refractivity contribution in [3.63, 3.8) is 0 Å². The topological polar surface area (TPSA) is 79.9 Å². The summed E-state index contributed by atoms with van der Waals surface area (Å²) in [7, 11) is 0. The smallest absolute Gasteiger partial charge is 0.349 e. The number of furan rings is 1. The Hall–Kier alpha value is -2.18. The zero-order valence-electron chi connectivity index (χ0n) is 20.7. The van der Waals surface area contributed by atoms with Crippen molar-refractivity contribution >= 4 is 17.7 Å². The van der Waals surface area contributed by atoms with E-state index in [9.17, 15) is 15.0 Å². The number of carbonyl (C=O) groups excluding carboxylic acids is 1. The second-order valence-corrected chi connectivity index (χ2v) is 11.4. The molecule has 0 bridgehead atoms. The minimum absolute atomic E-state index is 0.0388. The number of benzene rings is 1. The first-order valence-electron chi connectivity index (χ1n) is 11.5. The molecule has 0 saturated heterocycles. The molecule has 1 atom stereocenters. The molecular weight excluding hydrogens is 436 g/mol. The zero-order valence-corrected chi connectivity index (χ0v) is 21.6. The number of esters is 1. The van der Waals surface area contributed by atoms with Crippen molar-refractivity contribution in [3.8, 4) is 0 Å². The average molecular weight is 473 g/mol. The van der Waals surface area contributed by atoms with Crippen LogP contribution in [0.2, 0.25) is 0 Å². The normalized spacial score (nSPS) is 19.4. The molecule has 1 aromatic heterocycles. The summed E-state index contributed by atoms with van der Waals surface area (Å²) in [4.78, 5) is 14.3. The van der Waals surface area contributed by atoms with E-state index < -0.39 is 11.6 Å². The van der Waals surface area contributed by atoms with Crippen molar-refractivity contribution in [3.05, 3.63) is 63.1 Å². The molecule has 0 amide bonds. The lowest BCUT2D eigenvalue weighted by Crippen LogP contribution is -2.44. The van der Waals surface area contributed by atoms with E-state index in [1.165, 1.54) is 11.8 Å². The van der Waals surface area contributed by atoms with Gasteiger partial charge in [-0.3, -0.25) is 0 Å². The van der Waals surface area contributed by atoms with Gasteiger partial charge in [0.25, 0.3) is 0 Å². The van der Waals surface area contributed by atoms with E-state index in [4.69, 9.17) is 9.15 Å². The third kappa shape index (κ3) is 5.33. The second kappa shape index (κ2) is 9.59. The predicted octanol–water partition coefficient (Wildman–Crippen LogP) is 6.52. The zero-order chi connectivity index (χ0) is 24.6. The van der Waals surface area contributed by atoms with Gasteiger partial charge in [-0.2, -0.15) is 0 Å². The van der Waals surface area contributed by atoms with E-state index in [2.05, 4.69) is 20.8 Å². The van der Waals surface area contributed by atoms with Crippen LogP contribution in [0.15, 0.2) is 44.4 Å². The lowest BCUT2D eigenvalue weighted by atomic mass is 9.80. The summed E-state index contributed by atoms with van der Waals surface area (Å²) in [6, 6.07) is 5.92. The quantitative estimate of drug-likeness (QED) is 0.446. The second-order valence-electron chi connectivity index (χ2n) is 10.3. The van der Waals surface area contributed by atoms with Gasteiger partial charge in [0.15, 0.2) is 0 Å². The lowest BCUT2D eigenvalue weighted by Gasteiger charge is -2.40. The minimum atomic E-state index is -0.765. The standard InChI is InChI=1S/C27H36O5S/c1-16(2)27(10-8-19-9-11-31-18(19)4)14-22(29)24(25(30)32-27)33-23-12-17(3)20(15-28)13-21(23)26(5,6)7/h9,11-13,16,28-29H,8,10,14-15H2,1-7H3. The molecule has 1 aliphatic rings. The largest absolute Gasteiger partial charge is 0.511 e. The fraction of sp³-hybridized carbons (Fsp3) is 0.519. The Morgan fingerprint density at radius 1 is 1.18 bits per heavy atom. The van der Waals surface area contributed by atoms with Crippen molar-refractivity contribution < 1.29 is 24.2 Å². The van der Waals surface area contributed by atoms with Gasteiger partial charge in [-0.1, -0.05) is 52.4 Å². The number of thioether (sulfide) groups is 1. The summed E-state index contributed by atoms with van der Waals surface area (Å²) < 4.78 is 11.5. The Bertz CT molecular complexity index is 1060. The number of hydrogen-bond donors (Lipinski definition) is 2. The van der Waals surface area contributed by atoms with Crippen LogP contribution in [-0.2, 0) is 28.0 Å². The first kappa shape index (κ1) is 25.4. The van der Waals surface area contributed by atoms with Crippen LogP contribution in [-0.4, -0.2) is 21.8 Å². The molecule has 180 valence electrons. The third-order valence-electron chi connectivity index (χ3n) is 6.67. The molecule has 1 aliphatic heterocycles. The molecule has 0 fully saturated rings. The minimum Gasteiger partial charge on any atom is -0.511 e. The molecule has 1 aromatic carbocycles. The molecule has 2 heterocycles. The SMILES string of the molecule is Cc1cc(SC2=C(O)CC(CCc3ccoc3C)(C(C)C)OC2=O)c(C(C)(C)C)cc1CO. The highest BCUT2D eigenvalue weighted by Gasteiger charge is 2.44. The number of aliphatic hydroxyl groups excluding tert-OH is 2. The van der Waals surface area contributed by atoms with Crippen molar-refractivity contribution in [2.24, 2.45) is 5.92 Å². The average Bonchev–Trinajstić information content (AvgIpc) is 3.13. The number of carbonyl (C=O) groups is 1. The predicted molar refractivity (Wildman–Crippen MR) is 131 cm³/mol. The highest BCUT2D eigenvalue weighted by molar-refractivity contribution is 8.04. The fourth-order valence-corrected chi connectivity index (χ4v) is 5.54. The number of hydrogen-bond acceptors (Lipinski definition) is 6. The van der Waals surface area contributed by atoms with Crippen LogP contribution < -0.4 is 0 Å². The maximum atomic E-state index is 13.2. The van der Waals surface area contributed by atoms with Gasteiger partial charge < -0.3 is 19.4 Å². The number of aliphatic hydroxyl groups is 2. The van der Waals surface area contributed by atoms with Crippen molar-refractivity contribution in [2.75, 3.05) is 0 Å². The highest BCUT2D eigenvalue weighted by atomic mass is 32.2. The van der Waals surface area contributed by atoms with Gasteiger partial charge in [-0.25, -0.2) is 4.79 Å². The van der Waals surface area contributed by atoms with Gasteiger partial charge in [0.05, 0.1) is 12.9 Å². The van der Waals surface area contributed by atoms with E-state index >= 15 is 0 Å². The summed E-state index contributed by atoms with van der Waals surface area (Å²) in [6.45, 7) is 14.2. The summed E-state index contributed by atoms with van der Waals surface area (Å²) in [5.41, 5.74) is 2.96. The Labute approximate surface area is 201 Å². The Morgan fingerprint density at radius 3 is 2.39 bits per heavy atom. The van der Waals surface area contributed by atoms with Gasteiger partial charge >= 0.3 is 5.97 Å². The lowest BCUT2D eigenvalue weighted by molar-refractivity contribution is -0.164. The van der Waals surface area contributed by atoms with Crippen molar-refractivity contribution in [1.29, 1.82) is 0 Å². The van der Waals surface area contributed by atoms with Crippen LogP contribution >= 0.6 is 11.8 Å². The van der Waals surface area contributed by atoms with Gasteiger partial charge in [0.1, 0.15) is 22.0 Å². The molecule has 33 heavy (non-hydrogen) atoms. The molecule has 0 spiro atoms. The molecule has 5 nitrogen and oxygen atoms in total. The Kier molecular flexibility index (Phi) is 7.39.